The molecule has 3 aliphatic rings. The van der Waals surface area contributed by atoms with Crippen molar-refractivity contribution in [1.29, 1.82) is 0 Å². The maximum absolute atomic E-state index is 11.4. The van der Waals surface area contributed by atoms with Crippen LogP contribution in [-0.4, -0.2) is 25.2 Å². The number of carbonyl (C=O) groups excluding carboxylic acids is 2. The molecule has 0 aliphatic heterocycles. The highest BCUT2D eigenvalue weighted by Gasteiger charge is 2.27. The Balaban J connectivity index is 0.000000281. The van der Waals surface area contributed by atoms with Gasteiger partial charge in [-0.05, 0) is 81.5 Å². The summed E-state index contributed by atoms with van der Waals surface area (Å²) in [6, 6.07) is 0. The van der Waals surface area contributed by atoms with Crippen molar-refractivity contribution in [2.24, 2.45) is 35.5 Å². The quantitative estimate of drug-likeness (QED) is 0.234. The number of hydrogen-bond acceptors (Lipinski definition) is 4. The van der Waals surface area contributed by atoms with Crippen molar-refractivity contribution in [3.05, 3.63) is 24.3 Å². The van der Waals surface area contributed by atoms with Gasteiger partial charge in [0.05, 0.1) is 13.2 Å². The lowest BCUT2D eigenvalue weighted by Crippen LogP contribution is -2.23. The molecule has 0 unspecified atom stereocenters. The summed E-state index contributed by atoms with van der Waals surface area (Å²) < 4.78 is 10.5. The molecule has 206 valence electrons. The van der Waals surface area contributed by atoms with Gasteiger partial charge in [0.1, 0.15) is 0 Å². The third kappa shape index (κ3) is 11.6. The van der Waals surface area contributed by atoms with Crippen LogP contribution in [0.5, 0.6) is 0 Å². The first-order valence-electron chi connectivity index (χ1n) is 14.8. The van der Waals surface area contributed by atoms with Crippen LogP contribution < -0.4 is 0 Å². The normalized spacial score (nSPS) is 30.3. The van der Waals surface area contributed by atoms with Crippen molar-refractivity contribution < 1.29 is 19.1 Å². The fourth-order valence-corrected chi connectivity index (χ4v) is 6.11. The van der Waals surface area contributed by atoms with Crippen molar-refractivity contribution in [3.8, 4) is 0 Å². The zero-order chi connectivity index (χ0) is 26.5. The molecule has 0 bridgehead atoms. The number of rotatable bonds is 9. The van der Waals surface area contributed by atoms with Gasteiger partial charge in [0.25, 0.3) is 0 Å². The van der Waals surface area contributed by atoms with Crippen molar-refractivity contribution in [2.45, 2.75) is 118 Å². The van der Waals surface area contributed by atoms with Gasteiger partial charge in [-0.15, -0.1) is 0 Å². The van der Waals surface area contributed by atoms with Crippen molar-refractivity contribution in [3.63, 3.8) is 0 Å². The second-order valence-corrected chi connectivity index (χ2v) is 12.3. The van der Waals surface area contributed by atoms with Gasteiger partial charge >= 0.3 is 11.9 Å². The lowest BCUT2D eigenvalue weighted by Gasteiger charge is -2.33. The third-order valence-electron chi connectivity index (χ3n) is 8.91. The van der Waals surface area contributed by atoms with Crippen LogP contribution in [0.15, 0.2) is 24.3 Å². The zero-order valence-corrected chi connectivity index (χ0v) is 23.8. The van der Waals surface area contributed by atoms with E-state index >= 15 is 0 Å². The SMILES string of the molecule is C=C(C)C(=O)OCC1CCC(C)CC1.C=C(C)C(=O)OCC1CCC(CC2CCC(CC)CC2)CC1. The largest absolute Gasteiger partial charge is 0.462 e. The molecule has 0 aromatic heterocycles. The molecule has 0 atom stereocenters. The fraction of sp³-hybridized carbons (Fsp3) is 0.812. The van der Waals surface area contributed by atoms with Crippen molar-refractivity contribution in [2.75, 3.05) is 13.2 Å². The first kappa shape index (κ1) is 30.6. The first-order chi connectivity index (χ1) is 17.2. The molecule has 4 nitrogen and oxygen atoms in total. The lowest BCUT2D eigenvalue weighted by atomic mass is 9.73. The molecular weight excluding hydrogens is 448 g/mol. The summed E-state index contributed by atoms with van der Waals surface area (Å²) in [7, 11) is 0. The molecule has 0 spiro atoms. The monoisotopic (exact) mass is 502 g/mol. The van der Waals surface area contributed by atoms with Crippen LogP contribution in [0.4, 0.5) is 0 Å². The Hall–Kier alpha value is -1.58. The predicted octanol–water partition coefficient (Wildman–Crippen LogP) is 8.45. The molecule has 0 aromatic carbocycles. The second kappa shape index (κ2) is 16.3. The standard InChI is InChI=1S/C20H34O2.C12H20O2/c1-4-16-5-7-17(8-6-16)13-18-9-11-19(12-10-18)14-22-20(21)15(2)3;1-9(2)12(13)14-8-11-6-4-10(3)5-7-11/h16-19H,2,4-14H2,1,3H3;10-11H,1,4-8H2,2-3H3. The molecule has 0 amide bonds. The molecule has 3 aliphatic carbocycles. The minimum absolute atomic E-state index is 0.227. The Bertz CT molecular complexity index is 687. The van der Waals surface area contributed by atoms with Crippen LogP contribution in [0.25, 0.3) is 0 Å². The van der Waals surface area contributed by atoms with Crippen molar-refractivity contribution >= 4 is 11.9 Å². The number of esters is 2. The minimum atomic E-state index is -0.247. The van der Waals surface area contributed by atoms with Crippen LogP contribution in [0.3, 0.4) is 0 Å². The Morgan fingerprint density at radius 1 is 0.611 bits per heavy atom. The molecule has 36 heavy (non-hydrogen) atoms. The van der Waals surface area contributed by atoms with Crippen LogP contribution >= 0.6 is 0 Å². The van der Waals surface area contributed by atoms with E-state index in [9.17, 15) is 9.59 Å². The van der Waals surface area contributed by atoms with Gasteiger partial charge in [0.2, 0.25) is 0 Å². The summed E-state index contributed by atoms with van der Waals surface area (Å²) in [6.45, 7) is 16.4. The van der Waals surface area contributed by atoms with Crippen LogP contribution in [0.1, 0.15) is 118 Å². The molecule has 0 heterocycles. The van der Waals surface area contributed by atoms with E-state index in [1.54, 1.807) is 13.8 Å². The second-order valence-electron chi connectivity index (χ2n) is 12.3. The minimum Gasteiger partial charge on any atom is -0.462 e. The summed E-state index contributed by atoms with van der Waals surface area (Å²) in [5.74, 6) is 4.46. The van der Waals surface area contributed by atoms with E-state index in [-0.39, 0.29) is 11.9 Å². The van der Waals surface area contributed by atoms with Crippen molar-refractivity contribution in [1.82, 2.24) is 0 Å². The van der Waals surface area contributed by atoms with Gasteiger partial charge < -0.3 is 9.47 Å². The predicted molar refractivity (Wildman–Crippen MR) is 148 cm³/mol. The smallest absolute Gasteiger partial charge is 0.333 e. The maximum atomic E-state index is 11.4. The summed E-state index contributed by atoms with van der Waals surface area (Å²) in [4.78, 5) is 22.6. The summed E-state index contributed by atoms with van der Waals surface area (Å²) >= 11 is 0. The van der Waals surface area contributed by atoms with Gasteiger partial charge in [-0.1, -0.05) is 84.8 Å². The van der Waals surface area contributed by atoms with Crippen LogP contribution in [-0.2, 0) is 19.1 Å². The van der Waals surface area contributed by atoms with E-state index < -0.39 is 0 Å². The molecule has 3 fully saturated rings. The van der Waals surface area contributed by atoms with E-state index in [1.807, 2.05) is 0 Å². The van der Waals surface area contributed by atoms with Crippen LogP contribution in [0.2, 0.25) is 0 Å². The zero-order valence-electron chi connectivity index (χ0n) is 23.8. The summed E-state index contributed by atoms with van der Waals surface area (Å²) in [5, 5.41) is 0. The van der Waals surface area contributed by atoms with E-state index in [0.717, 1.165) is 23.7 Å². The highest BCUT2D eigenvalue weighted by atomic mass is 16.5. The summed E-state index contributed by atoms with van der Waals surface area (Å²) in [5.41, 5.74) is 1.01. The van der Waals surface area contributed by atoms with Gasteiger partial charge in [-0.25, -0.2) is 9.59 Å². The Labute approximate surface area is 221 Å². The topological polar surface area (TPSA) is 52.6 Å². The average Bonchev–Trinajstić information content (AvgIpc) is 2.88. The molecule has 4 heteroatoms. The van der Waals surface area contributed by atoms with E-state index in [1.165, 1.54) is 89.9 Å². The lowest BCUT2D eigenvalue weighted by molar-refractivity contribution is -0.141. The van der Waals surface area contributed by atoms with E-state index in [4.69, 9.17) is 9.47 Å². The maximum Gasteiger partial charge on any atom is 0.333 e. The van der Waals surface area contributed by atoms with E-state index in [2.05, 4.69) is 27.0 Å². The molecule has 0 saturated heterocycles. The van der Waals surface area contributed by atoms with Crippen LogP contribution in [0, 0.1) is 35.5 Å². The average molecular weight is 503 g/mol. The third-order valence-corrected chi connectivity index (χ3v) is 8.91. The number of hydrogen-bond donors (Lipinski definition) is 0. The Morgan fingerprint density at radius 3 is 1.31 bits per heavy atom. The molecular formula is C32H54O4. The molecule has 3 rings (SSSR count). The van der Waals surface area contributed by atoms with Gasteiger partial charge in [0, 0.05) is 11.1 Å². The number of ether oxygens (including phenoxy) is 2. The highest BCUT2D eigenvalue weighted by molar-refractivity contribution is 5.87. The molecule has 0 aromatic rings. The van der Waals surface area contributed by atoms with E-state index in [0.29, 0.717) is 36.2 Å². The highest BCUT2D eigenvalue weighted by Crippen LogP contribution is 2.39. The number of carbonyl (C=O) groups is 2. The molecule has 3 saturated carbocycles. The molecule has 0 N–H and O–H groups in total. The Morgan fingerprint density at radius 2 is 0.944 bits per heavy atom. The Kier molecular flexibility index (Phi) is 13.9. The summed E-state index contributed by atoms with van der Waals surface area (Å²) in [6.07, 6.45) is 18.8. The van der Waals surface area contributed by atoms with Gasteiger partial charge in [-0.3, -0.25) is 0 Å². The first-order valence-corrected chi connectivity index (χ1v) is 14.8. The molecule has 0 radical (unpaired) electrons. The van der Waals surface area contributed by atoms with Gasteiger partial charge in [0.15, 0.2) is 0 Å². The fourth-order valence-electron chi connectivity index (χ4n) is 6.11. The van der Waals surface area contributed by atoms with Gasteiger partial charge in [-0.2, -0.15) is 0 Å².